The predicted molar refractivity (Wildman–Crippen MR) is 131 cm³/mol. The molecule has 0 unspecified atom stereocenters. The molecule has 5 heterocycles. The third-order valence-electron chi connectivity index (χ3n) is 6.18. The fraction of sp³-hybridized carbons (Fsp3) is 0.333. The molecule has 1 saturated heterocycles. The molecule has 0 amide bonds. The summed E-state index contributed by atoms with van der Waals surface area (Å²) < 4.78 is 10.9. The molecule has 0 spiro atoms. The quantitative estimate of drug-likeness (QED) is 0.464. The number of nitrogens with zero attached hydrogens (tertiary/aromatic N) is 3. The van der Waals surface area contributed by atoms with Crippen LogP contribution in [0.15, 0.2) is 40.5 Å². The molecule has 3 aromatic heterocycles. The van der Waals surface area contributed by atoms with Crippen LogP contribution >= 0.6 is 22.7 Å². The van der Waals surface area contributed by atoms with Crippen molar-refractivity contribution in [1.82, 2.24) is 19.8 Å². The van der Waals surface area contributed by atoms with Gasteiger partial charge in [0.15, 0.2) is 11.5 Å². The van der Waals surface area contributed by atoms with Crippen LogP contribution in [0.2, 0.25) is 0 Å². The Morgan fingerprint density at radius 2 is 1.82 bits per heavy atom. The molecule has 1 fully saturated rings. The molecule has 33 heavy (non-hydrogen) atoms. The van der Waals surface area contributed by atoms with Crippen LogP contribution < -0.4 is 15.0 Å². The van der Waals surface area contributed by atoms with Crippen molar-refractivity contribution in [1.29, 1.82) is 0 Å². The highest BCUT2D eigenvalue weighted by Crippen LogP contribution is 2.35. The number of hydrogen-bond acceptors (Lipinski definition) is 8. The number of aromatic amines is 1. The highest BCUT2D eigenvalue weighted by atomic mass is 32.1. The molecule has 0 aliphatic carbocycles. The number of nitrogens with one attached hydrogen (secondary N) is 1. The molecule has 0 bridgehead atoms. The lowest BCUT2D eigenvalue weighted by Gasteiger charge is -2.34. The summed E-state index contributed by atoms with van der Waals surface area (Å²) in [6, 6.07) is 10.3. The molecule has 1 aromatic carbocycles. The van der Waals surface area contributed by atoms with Crippen LogP contribution in [0.5, 0.6) is 11.5 Å². The molecular formula is C24H24N4O3S2. The highest BCUT2D eigenvalue weighted by Gasteiger charge is 2.21. The van der Waals surface area contributed by atoms with Crippen LogP contribution in [0.1, 0.15) is 16.3 Å². The number of hydrogen-bond donors (Lipinski definition) is 1. The first kappa shape index (κ1) is 20.9. The Kier molecular flexibility index (Phi) is 5.41. The van der Waals surface area contributed by atoms with Crippen LogP contribution in [0, 0.1) is 6.92 Å². The second kappa shape index (κ2) is 8.57. The Labute approximate surface area is 199 Å². The average molecular weight is 481 g/mol. The van der Waals surface area contributed by atoms with Gasteiger partial charge in [-0.1, -0.05) is 6.07 Å². The monoisotopic (exact) mass is 480 g/mol. The van der Waals surface area contributed by atoms with Crippen molar-refractivity contribution >= 4 is 32.9 Å². The van der Waals surface area contributed by atoms with Gasteiger partial charge >= 0.3 is 0 Å². The van der Waals surface area contributed by atoms with E-state index < -0.39 is 0 Å². The molecule has 2 aliphatic rings. The summed E-state index contributed by atoms with van der Waals surface area (Å²) in [5, 5.41) is 2.76. The standard InChI is InChI=1S/C24H24N4O3S2/c1-15-2-5-20(33-15)17-13-32-24-22(17)23(29)25-21(26-24)12-28-8-6-27(7-9-28)11-16-3-4-18-19(10-16)31-14-30-18/h2-5,10,13H,6-9,11-12,14H2,1H3,(H,25,26,29). The molecule has 7 nitrogen and oxygen atoms in total. The molecule has 9 heteroatoms. The number of fused-ring (bicyclic) bond motifs is 2. The van der Waals surface area contributed by atoms with Gasteiger partial charge in [-0.05, 0) is 36.8 Å². The Balaban J connectivity index is 1.11. The molecule has 2 aliphatic heterocycles. The number of rotatable bonds is 5. The lowest BCUT2D eigenvalue weighted by atomic mass is 10.1. The van der Waals surface area contributed by atoms with Crippen LogP contribution in [-0.2, 0) is 13.1 Å². The molecule has 4 aromatic rings. The van der Waals surface area contributed by atoms with Gasteiger partial charge in [0.1, 0.15) is 10.7 Å². The smallest absolute Gasteiger partial charge is 0.260 e. The van der Waals surface area contributed by atoms with E-state index in [1.807, 2.05) is 6.07 Å². The number of aryl methyl sites for hydroxylation is 1. The lowest BCUT2D eigenvalue weighted by molar-refractivity contribution is 0.120. The Morgan fingerprint density at radius 1 is 1.03 bits per heavy atom. The fourth-order valence-corrected chi connectivity index (χ4v) is 6.37. The average Bonchev–Trinajstić information content (AvgIpc) is 3.54. The second-order valence-corrected chi connectivity index (χ2v) is 10.6. The zero-order chi connectivity index (χ0) is 22.4. The molecule has 1 N–H and O–H groups in total. The first-order chi connectivity index (χ1) is 16.1. The van der Waals surface area contributed by atoms with E-state index in [0.29, 0.717) is 18.7 Å². The van der Waals surface area contributed by atoms with Crippen LogP contribution in [-0.4, -0.2) is 52.7 Å². The van der Waals surface area contributed by atoms with Gasteiger partial charge in [-0.3, -0.25) is 14.6 Å². The summed E-state index contributed by atoms with van der Waals surface area (Å²) in [6.07, 6.45) is 0. The minimum atomic E-state index is -0.0428. The van der Waals surface area contributed by atoms with Gasteiger partial charge in [0.25, 0.3) is 5.56 Å². The summed E-state index contributed by atoms with van der Waals surface area (Å²) in [6.45, 7) is 7.77. The van der Waals surface area contributed by atoms with E-state index >= 15 is 0 Å². The number of aromatic nitrogens is 2. The number of thiophene rings is 2. The van der Waals surface area contributed by atoms with Gasteiger partial charge < -0.3 is 14.5 Å². The summed E-state index contributed by atoms with van der Waals surface area (Å²) in [4.78, 5) is 28.7. The van der Waals surface area contributed by atoms with E-state index in [4.69, 9.17) is 14.5 Å². The predicted octanol–water partition coefficient (Wildman–Crippen LogP) is 4.07. The maximum atomic E-state index is 12.9. The number of piperazine rings is 1. The molecule has 0 saturated carbocycles. The van der Waals surface area contributed by atoms with Crippen molar-refractivity contribution in [2.45, 2.75) is 20.0 Å². The minimum absolute atomic E-state index is 0.0428. The summed E-state index contributed by atoms with van der Waals surface area (Å²) in [7, 11) is 0. The summed E-state index contributed by atoms with van der Waals surface area (Å²) in [5.74, 6) is 2.40. The summed E-state index contributed by atoms with van der Waals surface area (Å²) in [5.41, 5.74) is 2.18. The number of H-pyrrole nitrogens is 1. The normalized spacial score (nSPS) is 16.6. The van der Waals surface area contributed by atoms with E-state index in [-0.39, 0.29) is 5.56 Å². The van der Waals surface area contributed by atoms with Crippen LogP contribution in [0.4, 0.5) is 0 Å². The van der Waals surface area contributed by atoms with Gasteiger partial charge in [-0.25, -0.2) is 4.98 Å². The van der Waals surface area contributed by atoms with Gasteiger partial charge in [-0.2, -0.15) is 0 Å². The van der Waals surface area contributed by atoms with Crippen LogP contribution in [0.25, 0.3) is 20.7 Å². The van der Waals surface area contributed by atoms with E-state index in [1.54, 1.807) is 22.7 Å². The Bertz CT molecular complexity index is 1370. The lowest BCUT2D eigenvalue weighted by Crippen LogP contribution is -2.45. The van der Waals surface area contributed by atoms with Crippen molar-refractivity contribution in [3.8, 4) is 21.9 Å². The van der Waals surface area contributed by atoms with E-state index in [2.05, 4.69) is 51.4 Å². The number of ether oxygens (including phenoxy) is 2. The van der Waals surface area contributed by atoms with E-state index in [9.17, 15) is 4.79 Å². The van der Waals surface area contributed by atoms with Gasteiger partial charge in [0.2, 0.25) is 6.79 Å². The maximum absolute atomic E-state index is 12.9. The summed E-state index contributed by atoms with van der Waals surface area (Å²) >= 11 is 3.26. The van der Waals surface area contributed by atoms with Gasteiger partial charge in [-0.15, -0.1) is 22.7 Å². The highest BCUT2D eigenvalue weighted by molar-refractivity contribution is 7.19. The second-order valence-electron chi connectivity index (χ2n) is 8.49. The first-order valence-electron chi connectivity index (χ1n) is 11.0. The molecular weight excluding hydrogens is 456 g/mol. The third kappa shape index (κ3) is 4.17. The molecule has 0 radical (unpaired) electrons. The molecule has 0 atom stereocenters. The Morgan fingerprint density at radius 3 is 2.61 bits per heavy atom. The van der Waals surface area contributed by atoms with Gasteiger partial charge in [0.05, 0.1) is 11.9 Å². The zero-order valence-electron chi connectivity index (χ0n) is 18.3. The maximum Gasteiger partial charge on any atom is 0.260 e. The van der Waals surface area contributed by atoms with Crippen molar-refractivity contribution in [2.24, 2.45) is 0 Å². The molecule has 6 rings (SSSR count). The molecule has 170 valence electrons. The number of benzene rings is 1. The third-order valence-corrected chi connectivity index (χ3v) is 8.09. The zero-order valence-corrected chi connectivity index (χ0v) is 19.9. The Hall–Kier alpha value is -2.72. The van der Waals surface area contributed by atoms with Gasteiger partial charge in [0, 0.05) is 53.4 Å². The van der Waals surface area contributed by atoms with Crippen molar-refractivity contribution in [3.63, 3.8) is 0 Å². The fourth-order valence-electron chi connectivity index (χ4n) is 4.44. The minimum Gasteiger partial charge on any atom is -0.454 e. The van der Waals surface area contributed by atoms with Crippen molar-refractivity contribution in [3.05, 3.63) is 62.3 Å². The van der Waals surface area contributed by atoms with Crippen molar-refractivity contribution in [2.75, 3.05) is 33.0 Å². The first-order valence-corrected chi connectivity index (χ1v) is 12.7. The van der Waals surface area contributed by atoms with E-state index in [1.165, 1.54) is 10.4 Å². The van der Waals surface area contributed by atoms with Crippen molar-refractivity contribution < 1.29 is 9.47 Å². The van der Waals surface area contributed by atoms with Crippen LogP contribution in [0.3, 0.4) is 0 Å². The SMILES string of the molecule is Cc1ccc(-c2csc3nc(CN4CCN(Cc5ccc6c(c5)OCO6)CC4)[nH]c(=O)c23)s1. The largest absolute Gasteiger partial charge is 0.454 e. The van der Waals surface area contributed by atoms with E-state index in [0.717, 1.165) is 65.3 Å². The topological polar surface area (TPSA) is 70.7 Å².